The molecule has 0 spiro atoms. The zero-order chi connectivity index (χ0) is 41.8. The summed E-state index contributed by atoms with van der Waals surface area (Å²) in [5.74, 6) is 0. The Hall–Kier alpha value is -5.90. The number of hydrogen-bond donors (Lipinski definition) is 0. The first-order valence-electron chi connectivity index (χ1n) is 20.8. The van der Waals surface area contributed by atoms with Crippen molar-refractivity contribution in [2.45, 2.75) is 6.92 Å². The van der Waals surface area contributed by atoms with Gasteiger partial charge in [0.15, 0.2) is 14.3 Å². The number of benzene rings is 9. The van der Waals surface area contributed by atoms with Gasteiger partial charge in [0, 0.05) is 31.8 Å². The van der Waals surface area contributed by atoms with Crippen molar-refractivity contribution in [3.05, 3.63) is 236 Å². The molecule has 0 saturated carbocycles. The van der Waals surface area contributed by atoms with Gasteiger partial charge in [0.2, 0.25) is 0 Å². The SMILES string of the molecule is Cc1cc2c3c(c1)P(=O)(c1ccccc1)c1cc(P(c4ccccc4)c4ccccc4)ccc1N3c1ccc(P(c3ccccc3)c3ccccc3)cc1P2(=O)c1ccccc1. The van der Waals surface area contributed by atoms with Crippen molar-refractivity contribution >= 4 is 111 Å². The summed E-state index contributed by atoms with van der Waals surface area (Å²) in [4.78, 5) is 2.29. The molecule has 2 atom stereocenters. The molecule has 2 unspecified atom stereocenters. The Balaban J connectivity index is 1.22. The Morgan fingerprint density at radius 2 is 0.645 bits per heavy atom. The van der Waals surface area contributed by atoms with Crippen molar-refractivity contribution in [3.63, 3.8) is 0 Å². The fourth-order valence-corrected chi connectivity index (χ4v) is 20.5. The van der Waals surface area contributed by atoms with Crippen LogP contribution in [0.2, 0.25) is 0 Å². The fraction of sp³-hybridized carbons (Fsp3) is 0.0182. The normalized spacial score (nSPS) is 17.3. The number of aryl methyl sites for hydroxylation is 1. The van der Waals surface area contributed by atoms with Gasteiger partial charge in [-0.3, -0.25) is 0 Å². The minimum absolute atomic E-state index is 0.730. The lowest BCUT2D eigenvalue weighted by molar-refractivity contribution is 0.592. The summed E-state index contributed by atoms with van der Waals surface area (Å²) in [6.07, 6.45) is 0. The van der Waals surface area contributed by atoms with Crippen LogP contribution in [0, 0.1) is 6.92 Å². The van der Waals surface area contributed by atoms with Gasteiger partial charge in [-0.15, -0.1) is 0 Å². The van der Waals surface area contributed by atoms with Crippen LogP contribution in [0.5, 0.6) is 0 Å². The second-order valence-electron chi connectivity index (χ2n) is 15.7. The summed E-state index contributed by atoms with van der Waals surface area (Å²) in [5.41, 5.74) is 3.42. The minimum atomic E-state index is -3.58. The summed E-state index contributed by atoms with van der Waals surface area (Å²) in [7, 11) is -9.15. The topological polar surface area (TPSA) is 37.4 Å². The highest BCUT2D eigenvalue weighted by atomic mass is 31.2. The Kier molecular flexibility index (Phi) is 9.92. The quantitative estimate of drug-likeness (QED) is 0.143. The fourth-order valence-electron chi connectivity index (χ4n) is 9.30. The van der Waals surface area contributed by atoms with Gasteiger partial charge in [-0.25, -0.2) is 0 Å². The third-order valence-electron chi connectivity index (χ3n) is 12.0. The third kappa shape index (κ3) is 6.26. The summed E-state index contributed by atoms with van der Waals surface area (Å²) < 4.78 is 33.9. The summed E-state index contributed by atoms with van der Waals surface area (Å²) in [6, 6.07) is 80.2. The standard InChI is InChI=1S/C55H41NO2P4/c1-40-36-53-55-54(37-40)62(58,48-30-18-7-19-31-48)52-39-46(60(43-24-12-4-13-25-43)44-26-14-5-15-27-44)33-35-50(52)56(55)49-34-32-45(38-51(49)61(53,57)47-28-16-6-17-29-47)59(41-20-8-2-9-21-41)42-22-10-3-11-23-42/h2-39H,1H3. The highest BCUT2D eigenvalue weighted by Gasteiger charge is 2.50. The monoisotopic (exact) mass is 871 g/mol. The van der Waals surface area contributed by atoms with Crippen molar-refractivity contribution < 1.29 is 9.13 Å². The predicted octanol–water partition coefficient (Wildman–Crippen LogP) is 8.89. The van der Waals surface area contributed by atoms with Gasteiger partial charge in [-0.2, -0.15) is 0 Å². The van der Waals surface area contributed by atoms with E-state index in [-0.39, 0.29) is 0 Å². The van der Waals surface area contributed by atoms with Crippen molar-refractivity contribution in [1.82, 2.24) is 0 Å². The first kappa shape index (κ1) is 39.0. The van der Waals surface area contributed by atoms with Gasteiger partial charge in [-0.1, -0.05) is 194 Å². The van der Waals surface area contributed by atoms with E-state index >= 15 is 9.13 Å². The molecule has 11 rings (SSSR count). The summed E-state index contributed by atoms with van der Waals surface area (Å²) in [5, 5.41) is 11.8. The van der Waals surface area contributed by atoms with Crippen LogP contribution >= 0.6 is 30.1 Å². The molecule has 0 saturated heterocycles. The first-order chi connectivity index (χ1) is 30.4. The zero-order valence-electron chi connectivity index (χ0n) is 34.0. The second-order valence-corrected chi connectivity index (χ2v) is 25.6. The molecule has 2 aliphatic rings. The van der Waals surface area contributed by atoms with Gasteiger partial charge in [0.05, 0.1) is 17.1 Å². The molecule has 2 heterocycles. The van der Waals surface area contributed by atoms with Crippen LogP contribution in [0.15, 0.2) is 231 Å². The van der Waals surface area contributed by atoms with Gasteiger partial charge in [0.25, 0.3) is 0 Å². The molecule has 2 aliphatic heterocycles. The van der Waals surface area contributed by atoms with Crippen LogP contribution < -0.4 is 68.6 Å². The van der Waals surface area contributed by atoms with E-state index in [0.29, 0.717) is 0 Å². The van der Waals surface area contributed by atoms with Gasteiger partial charge in [0.1, 0.15) is 0 Å². The Morgan fingerprint density at radius 1 is 0.339 bits per heavy atom. The zero-order valence-corrected chi connectivity index (χ0v) is 37.6. The predicted molar refractivity (Wildman–Crippen MR) is 269 cm³/mol. The van der Waals surface area contributed by atoms with Gasteiger partial charge in [-0.05, 0) is 96.6 Å². The van der Waals surface area contributed by atoms with Crippen LogP contribution in [-0.2, 0) is 9.13 Å². The van der Waals surface area contributed by atoms with Crippen molar-refractivity contribution in [2.75, 3.05) is 4.90 Å². The van der Waals surface area contributed by atoms with Crippen molar-refractivity contribution in [2.24, 2.45) is 0 Å². The lowest BCUT2D eigenvalue weighted by Crippen LogP contribution is -2.47. The maximum absolute atomic E-state index is 16.9. The molecule has 0 fully saturated rings. The van der Waals surface area contributed by atoms with Gasteiger partial charge >= 0.3 is 0 Å². The number of fused-ring (bicyclic) bond motifs is 4. The largest absolute Gasteiger partial charge is 0.308 e. The molecule has 0 aromatic heterocycles. The summed E-state index contributed by atoms with van der Waals surface area (Å²) in [6.45, 7) is 2.05. The van der Waals surface area contributed by atoms with E-state index in [1.165, 1.54) is 21.2 Å². The number of anilines is 3. The molecule has 0 aliphatic carbocycles. The highest BCUT2D eigenvalue weighted by Crippen LogP contribution is 2.61. The molecule has 62 heavy (non-hydrogen) atoms. The van der Waals surface area contributed by atoms with Crippen LogP contribution in [0.1, 0.15) is 5.56 Å². The van der Waals surface area contributed by atoms with E-state index in [0.717, 1.165) is 65.1 Å². The van der Waals surface area contributed by atoms with Crippen LogP contribution in [0.3, 0.4) is 0 Å². The lowest BCUT2D eigenvalue weighted by atomic mass is 10.1. The van der Waals surface area contributed by atoms with E-state index in [1.54, 1.807) is 0 Å². The average Bonchev–Trinajstić information content (AvgIpc) is 3.33. The maximum Gasteiger partial charge on any atom is 0.175 e. The molecule has 0 bridgehead atoms. The van der Waals surface area contributed by atoms with E-state index in [4.69, 9.17) is 0 Å². The van der Waals surface area contributed by atoms with E-state index in [2.05, 4.69) is 182 Å². The first-order valence-corrected chi connectivity index (χ1v) is 26.9. The van der Waals surface area contributed by atoms with Crippen molar-refractivity contribution in [3.8, 4) is 0 Å². The molecule has 7 heteroatoms. The highest BCUT2D eigenvalue weighted by molar-refractivity contribution is 7.88. The number of hydrogen-bond acceptors (Lipinski definition) is 3. The van der Waals surface area contributed by atoms with Crippen LogP contribution in [-0.4, -0.2) is 0 Å². The molecule has 0 radical (unpaired) electrons. The smallest absolute Gasteiger partial charge is 0.175 e. The Bertz CT molecular complexity index is 2910. The molecule has 0 amide bonds. The van der Waals surface area contributed by atoms with Crippen molar-refractivity contribution in [1.29, 1.82) is 0 Å². The molecule has 9 aromatic carbocycles. The third-order valence-corrected chi connectivity index (χ3v) is 23.0. The molecule has 298 valence electrons. The minimum Gasteiger partial charge on any atom is -0.308 e. The van der Waals surface area contributed by atoms with Crippen LogP contribution in [0.25, 0.3) is 0 Å². The number of rotatable bonds is 8. The molecular weight excluding hydrogens is 831 g/mol. The van der Waals surface area contributed by atoms with E-state index in [1.807, 2.05) is 60.7 Å². The number of nitrogens with zero attached hydrogens (tertiary/aromatic N) is 1. The second kappa shape index (κ2) is 15.8. The van der Waals surface area contributed by atoms with Gasteiger partial charge < -0.3 is 14.0 Å². The molecule has 0 N–H and O–H groups in total. The van der Waals surface area contributed by atoms with Crippen LogP contribution in [0.4, 0.5) is 17.1 Å². The van der Waals surface area contributed by atoms with E-state index < -0.39 is 30.1 Å². The summed E-state index contributed by atoms with van der Waals surface area (Å²) >= 11 is 0. The maximum atomic E-state index is 16.9. The Morgan fingerprint density at radius 3 is 0.968 bits per heavy atom. The van der Waals surface area contributed by atoms with E-state index in [9.17, 15) is 0 Å². The molecule has 9 aromatic rings. The molecule has 3 nitrogen and oxygen atoms in total. The molecular formula is C55H41NO2P4. The Labute approximate surface area is 366 Å². The average molecular weight is 872 g/mol. The lowest BCUT2D eigenvalue weighted by Gasteiger charge is -2.45.